The summed E-state index contributed by atoms with van der Waals surface area (Å²) in [6.45, 7) is 2.10. The van der Waals surface area contributed by atoms with Crippen molar-refractivity contribution in [3.8, 4) is 5.75 Å². The number of ether oxygens (including phenoxy) is 1. The first-order valence-corrected chi connectivity index (χ1v) is 8.18. The maximum Gasteiger partial charge on any atom is 0.287 e. The van der Waals surface area contributed by atoms with Crippen molar-refractivity contribution in [3.63, 3.8) is 0 Å². The van der Waals surface area contributed by atoms with Gasteiger partial charge in [-0.2, -0.15) is 0 Å². The third kappa shape index (κ3) is 4.05. The second kappa shape index (κ2) is 7.35. The third-order valence-electron chi connectivity index (χ3n) is 3.36. The summed E-state index contributed by atoms with van der Waals surface area (Å²) < 4.78 is 12.1. The molecule has 2 N–H and O–H groups in total. The van der Waals surface area contributed by atoms with Crippen LogP contribution in [0.4, 0.5) is 0 Å². The van der Waals surface area contributed by atoms with Crippen molar-refractivity contribution in [1.29, 1.82) is 0 Å². The number of halogens is 1. The summed E-state index contributed by atoms with van der Waals surface area (Å²) >= 11 is 3.37. The van der Waals surface area contributed by atoms with Crippen LogP contribution in [0.15, 0.2) is 57.7 Å². The minimum absolute atomic E-state index is 0.236. The van der Waals surface area contributed by atoms with Crippen LogP contribution < -0.4 is 10.1 Å². The summed E-state index contributed by atoms with van der Waals surface area (Å²) in [6, 6.07) is 10.6. The van der Waals surface area contributed by atoms with Crippen LogP contribution in [0.5, 0.6) is 5.75 Å². The van der Waals surface area contributed by atoms with Crippen LogP contribution in [0.2, 0.25) is 0 Å². The van der Waals surface area contributed by atoms with Gasteiger partial charge in [-0.3, -0.25) is 4.79 Å². The lowest BCUT2D eigenvalue weighted by molar-refractivity contribution is 0.0906. The molecular formula is C17H16BrN3O3. The van der Waals surface area contributed by atoms with Gasteiger partial charge < -0.3 is 19.5 Å². The molecule has 0 aliphatic carbocycles. The Kier molecular flexibility index (Phi) is 5.00. The lowest BCUT2D eigenvalue weighted by Crippen LogP contribution is -2.26. The molecular weight excluding hydrogens is 374 g/mol. The maximum absolute atomic E-state index is 12.2. The Labute approximate surface area is 147 Å². The number of carbonyl (C=O) groups is 1. The number of aromatic amines is 1. The van der Waals surface area contributed by atoms with Crippen molar-refractivity contribution in [1.82, 2.24) is 15.3 Å². The average molecular weight is 390 g/mol. The van der Waals surface area contributed by atoms with E-state index in [1.54, 1.807) is 24.5 Å². The van der Waals surface area contributed by atoms with Crippen molar-refractivity contribution < 1.29 is 13.9 Å². The number of imidazole rings is 1. The van der Waals surface area contributed by atoms with Gasteiger partial charge in [-0.15, -0.1) is 0 Å². The minimum atomic E-state index is -0.297. The van der Waals surface area contributed by atoms with Crippen molar-refractivity contribution in [2.75, 3.05) is 0 Å². The Morgan fingerprint density at radius 2 is 2.12 bits per heavy atom. The van der Waals surface area contributed by atoms with E-state index in [2.05, 4.69) is 31.2 Å². The molecule has 1 amide bonds. The van der Waals surface area contributed by atoms with Crippen LogP contribution in [-0.4, -0.2) is 15.9 Å². The summed E-state index contributed by atoms with van der Waals surface area (Å²) in [4.78, 5) is 19.3. The summed E-state index contributed by atoms with van der Waals surface area (Å²) in [6.07, 6.45) is 3.35. The molecule has 7 heteroatoms. The number of aromatic nitrogens is 2. The van der Waals surface area contributed by atoms with Crippen LogP contribution in [-0.2, 0) is 6.61 Å². The Bertz CT molecular complexity index is 797. The highest BCUT2D eigenvalue weighted by atomic mass is 79.9. The van der Waals surface area contributed by atoms with Gasteiger partial charge in [0.05, 0.1) is 6.04 Å². The molecule has 6 nitrogen and oxygen atoms in total. The van der Waals surface area contributed by atoms with E-state index >= 15 is 0 Å². The smallest absolute Gasteiger partial charge is 0.287 e. The van der Waals surface area contributed by atoms with E-state index in [4.69, 9.17) is 9.15 Å². The molecule has 24 heavy (non-hydrogen) atoms. The molecule has 2 heterocycles. The van der Waals surface area contributed by atoms with Crippen molar-refractivity contribution >= 4 is 21.8 Å². The summed E-state index contributed by atoms with van der Waals surface area (Å²) in [5.41, 5.74) is 0. The Balaban J connectivity index is 1.56. The van der Waals surface area contributed by atoms with E-state index in [1.807, 2.05) is 31.2 Å². The highest BCUT2D eigenvalue weighted by Gasteiger charge is 2.16. The zero-order valence-electron chi connectivity index (χ0n) is 13.0. The number of nitrogens with zero attached hydrogens (tertiary/aromatic N) is 1. The van der Waals surface area contributed by atoms with Gasteiger partial charge in [-0.25, -0.2) is 4.98 Å². The second-order valence-electron chi connectivity index (χ2n) is 5.18. The normalized spacial score (nSPS) is 11.9. The minimum Gasteiger partial charge on any atom is -0.486 e. The van der Waals surface area contributed by atoms with Gasteiger partial charge in [0.15, 0.2) is 5.76 Å². The molecule has 1 aromatic carbocycles. The van der Waals surface area contributed by atoms with Gasteiger partial charge in [-0.05, 0) is 43.3 Å². The van der Waals surface area contributed by atoms with Gasteiger partial charge in [0.2, 0.25) is 0 Å². The van der Waals surface area contributed by atoms with Crippen molar-refractivity contribution in [2.24, 2.45) is 0 Å². The topological polar surface area (TPSA) is 80.2 Å². The number of furan rings is 1. The maximum atomic E-state index is 12.2. The number of hydrogen-bond acceptors (Lipinski definition) is 4. The molecule has 0 spiro atoms. The average Bonchev–Trinajstić information content (AvgIpc) is 3.26. The Morgan fingerprint density at radius 3 is 2.83 bits per heavy atom. The highest BCUT2D eigenvalue weighted by molar-refractivity contribution is 9.10. The van der Waals surface area contributed by atoms with E-state index in [0.29, 0.717) is 11.6 Å². The van der Waals surface area contributed by atoms with Crippen LogP contribution in [0.3, 0.4) is 0 Å². The van der Waals surface area contributed by atoms with Crippen LogP contribution in [0.25, 0.3) is 0 Å². The fraction of sp³-hybridized carbons (Fsp3) is 0.176. The molecule has 0 bridgehead atoms. The number of rotatable bonds is 6. The molecule has 3 aromatic rings. The van der Waals surface area contributed by atoms with E-state index in [9.17, 15) is 4.79 Å². The van der Waals surface area contributed by atoms with Gasteiger partial charge in [0, 0.05) is 16.9 Å². The highest BCUT2D eigenvalue weighted by Crippen LogP contribution is 2.18. The first-order chi connectivity index (χ1) is 11.6. The number of H-pyrrole nitrogens is 1. The van der Waals surface area contributed by atoms with E-state index in [-0.39, 0.29) is 24.3 Å². The van der Waals surface area contributed by atoms with Gasteiger partial charge in [0.1, 0.15) is 23.9 Å². The second-order valence-corrected chi connectivity index (χ2v) is 6.09. The molecule has 0 unspecified atom stereocenters. The zero-order valence-corrected chi connectivity index (χ0v) is 14.5. The molecule has 0 saturated carbocycles. The molecule has 0 aliphatic rings. The largest absolute Gasteiger partial charge is 0.486 e. The number of carbonyl (C=O) groups excluding carboxylic acids is 1. The number of benzene rings is 1. The van der Waals surface area contributed by atoms with Crippen LogP contribution in [0, 0.1) is 0 Å². The van der Waals surface area contributed by atoms with Gasteiger partial charge in [-0.1, -0.05) is 15.9 Å². The molecule has 1 atom stereocenters. The molecule has 2 aromatic heterocycles. The van der Waals surface area contributed by atoms with E-state index in [1.165, 1.54) is 0 Å². The lowest BCUT2D eigenvalue weighted by Gasteiger charge is -2.09. The number of nitrogens with one attached hydrogen (secondary N) is 2. The van der Waals surface area contributed by atoms with E-state index < -0.39 is 0 Å². The van der Waals surface area contributed by atoms with Gasteiger partial charge in [0.25, 0.3) is 5.91 Å². The van der Waals surface area contributed by atoms with E-state index in [0.717, 1.165) is 10.2 Å². The predicted octanol–water partition coefficient (Wildman–Crippen LogP) is 3.84. The van der Waals surface area contributed by atoms with Crippen LogP contribution >= 0.6 is 15.9 Å². The fourth-order valence-corrected chi connectivity index (χ4v) is 2.38. The quantitative estimate of drug-likeness (QED) is 0.670. The standard InChI is InChI=1S/C17H16BrN3O3/c1-11(16-19-8-9-20-16)21-17(22)15-7-6-14(24-15)10-23-13-4-2-12(18)3-5-13/h2-9,11H,10H2,1H3,(H,19,20)(H,21,22)/t11-/m1/s1. The Hall–Kier alpha value is -2.54. The number of amides is 1. The first-order valence-electron chi connectivity index (χ1n) is 7.39. The fourth-order valence-electron chi connectivity index (χ4n) is 2.11. The molecule has 3 rings (SSSR count). The molecule has 0 aliphatic heterocycles. The SMILES string of the molecule is C[C@@H](NC(=O)c1ccc(COc2ccc(Br)cc2)o1)c1ncc[nH]1. The molecule has 0 saturated heterocycles. The van der Waals surface area contributed by atoms with Gasteiger partial charge >= 0.3 is 0 Å². The molecule has 0 radical (unpaired) electrons. The first kappa shape index (κ1) is 16.3. The molecule has 0 fully saturated rings. The molecule has 124 valence electrons. The number of hydrogen-bond donors (Lipinski definition) is 2. The zero-order chi connectivity index (χ0) is 16.9. The summed E-state index contributed by atoms with van der Waals surface area (Å²) in [7, 11) is 0. The lowest BCUT2D eigenvalue weighted by atomic mass is 10.3. The van der Waals surface area contributed by atoms with Crippen LogP contribution in [0.1, 0.15) is 35.1 Å². The summed E-state index contributed by atoms with van der Waals surface area (Å²) in [5, 5.41) is 2.82. The van der Waals surface area contributed by atoms with Crippen molar-refractivity contribution in [2.45, 2.75) is 19.6 Å². The Morgan fingerprint density at radius 1 is 1.33 bits per heavy atom. The predicted molar refractivity (Wildman–Crippen MR) is 91.7 cm³/mol. The third-order valence-corrected chi connectivity index (χ3v) is 3.89. The monoisotopic (exact) mass is 389 g/mol. The van der Waals surface area contributed by atoms with Crippen molar-refractivity contribution in [3.05, 3.63) is 70.6 Å². The summed E-state index contributed by atoms with van der Waals surface area (Å²) in [5.74, 6) is 1.94.